The summed E-state index contributed by atoms with van der Waals surface area (Å²) in [5.41, 5.74) is 1.21. The van der Waals surface area contributed by atoms with Crippen LogP contribution < -0.4 is 10.1 Å². The number of hydrogen-bond donors (Lipinski definition) is 1. The Morgan fingerprint density at radius 2 is 1.84 bits per heavy atom. The van der Waals surface area contributed by atoms with Gasteiger partial charge in [0, 0.05) is 37.8 Å². The topological polar surface area (TPSA) is 120 Å². The van der Waals surface area contributed by atoms with Crippen LogP contribution in [0.4, 0.5) is 5.69 Å². The number of anilines is 1. The first-order valence-corrected chi connectivity index (χ1v) is 11.6. The van der Waals surface area contributed by atoms with Crippen molar-refractivity contribution in [2.24, 2.45) is 0 Å². The first kappa shape index (κ1) is 22.1. The first-order chi connectivity index (χ1) is 15.2. The minimum Gasteiger partial charge on any atom is -0.479 e. The van der Waals surface area contributed by atoms with E-state index in [9.17, 15) is 18.0 Å². The summed E-state index contributed by atoms with van der Waals surface area (Å²) < 4.78 is 33.2. The molecule has 4 rings (SSSR count). The van der Waals surface area contributed by atoms with Crippen LogP contribution in [0, 0.1) is 11.3 Å². The predicted octanol–water partition coefficient (Wildman–Crippen LogP) is 2.08. The molecule has 11 heteroatoms. The van der Waals surface area contributed by atoms with Crippen LogP contribution >= 0.6 is 11.6 Å². The lowest BCUT2D eigenvalue weighted by molar-refractivity contribution is -0.122. The van der Waals surface area contributed by atoms with E-state index < -0.39 is 16.1 Å². The largest absolute Gasteiger partial charge is 0.479 e. The second-order valence-electron chi connectivity index (χ2n) is 7.41. The van der Waals surface area contributed by atoms with E-state index in [0.717, 1.165) is 0 Å². The van der Waals surface area contributed by atoms with E-state index in [4.69, 9.17) is 21.6 Å². The van der Waals surface area contributed by atoms with Crippen molar-refractivity contribution in [2.75, 3.05) is 31.5 Å². The molecule has 0 saturated carbocycles. The van der Waals surface area contributed by atoms with Gasteiger partial charge in [0.2, 0.25) is 10.0 Å². The molecule has 9 nitrogen and oxygen atoms in total. The maximum atomic E-state index is 13.2. The highest BCUT2D eigenvalue weighted by Gasteiger charge is 2.34. The number of nitriles is 1. The summed E-state index contributed by atoms with van der Waals surface area (Å²) in [6.07, 6.45) is -0.754. The zero-order valence-corrected chi connectivity index (χ0v) is 18.6. The van der Waals surface area contributed by atoms with Crippen LogP contribution in [0.1, 0.15) is 22.8 Å². The zero-order valence-electron chi connectivity index (χ0n) is 17.0. The molecule has 0 aliphatic carbocycles. The molecule has 1 saturated heterocycles. The van der Waals surface area contributed by atoms with Crippen LogP contribution in [0.15, 0.2) is 41.3 Å². The summed E-state index contributed by atoms with van der Waals surface area (Å²) in [4.78, 5) is 25.9. The van der Waals surface area contributed by atoms with E-state index >= 15 is 0 Å². The standard InChI is InChI=1S/C21H19ClN4O5S/c1-13-20(27)24-17-10-16(22)19(11-18(17)31-13)32(29,30)26-8-6-25(7-9-26)21(28)15-4-2-14(12-23)3-5-15/h2-5,10-11,13H,6-9H2,1H3,(H,24,27)/t13-/m0/s1. The van der Waals surface area contributed by atoms with Crippen molar-refractivity contribution in [1.82, 2.24) is 9.21 Å². The summed E-state index contributed by atoms with van der Waals surface area (Å²) in [5.74, 6) is -0.335. The smallest absolute Gasteiger partial charge is 0.265 e. The highest BCUT2D eigenvalue weighted by molar-refractivity contribution is 7.89. The summed E-state index contributed by atoms with van der Waals surface area (Å²) in [6, 6.07) is 11.0. The molecule has 0 unspecified atom stereocenters. The number of hydrogen-bond acceptors (Lipinski definition) is 6. The van der Waals surface area contributed by atoms with Crippen molar-refractivity contribution in [2.45, 2.75) is 17.9 Å². The molecule has 2 aliphatic heterocycles. The van der Waals surface area contributed by atoms with E-state index in [1.54, 1.807) is 36.1 Å². The van der Waals surface area contributed by atoms with Gasteiger partial charge in [0.05, 0.1) is 22.3 Å². The fourth-order valence-corrected chi connectivity index (χ4v) is 5.49. The van der Waals surface area contributed by atoms with Crippen LogP contribution in [0.25, 0.3) is 0 Å². The molecule has 2 aliphatic rings. The van der Waals surface area contributed by atoms with Gasteiger partial charge in [-0.25, -0.2) is 8.42 Å². The SMILES string of the molecule is C[C@@H]1Oc2cc(S(=O)(=O)N3CCN(C(=O)c4ccc(C#N)cc4)CC3)c(Cl)cc2NC1=O. The first-order valence-electron chi connectivity index (χ1n) is 9.81. The van der Waals surface area contributed by atoms with Gasteiger partial charge in [-0.05, 0) is 37.3 Å². The fraction of sp³-hybridized carbons (Fsp3) is 0.286. The maximum Gasteiger partial charge on any atom is 0.265 e. The molecule has 0 spiro atoms. The highest BCUT2D eigenvalue weighted by Crippen LogP contribution is 2.38. The summed E-state index contributed by atoms with van der Waals surface area (Å²) in [6.45, 7) is 2.19. The van der Waals surface area contributed by atoms with Crippen LogP contribution in [-0.2, 0) is 14.8 Å². The van der Waals surface area contributed by atoms with Gasteiger partial charge in [-0.2, -0.15) is 9.57 Å². The molecular formula is C21H19ClN4O5S. The normalized spacial score (nSPS) is 18.8. The average Bonchev–Trinajstić information content (AvgIpc) is 2.79. The van der Waals surface area contributed by atoms with Crippen molar-refractivity contribution < 1.29 is 22.7 Å². The molecule has 1 N–H and O–H groups in total. The number of ether oxygens (including phenoxy) is 1. The van der Waals surface area contributed by atoms with Gasteiger partial charge < -0.3 is 15.0 Å². The lowest BCUT2D eigenvalue weighted by Crippen LogP contribution is -2.50. The van der Waals surface area contributed by atoms with Crippen molar-refractivity contribution in [1.29, 1.82) is 5.26 Å². The van der Waals surface area contributed by atoms with Crippen LogP contribution in [0.3, 0.4) is 0 Å². The number of benzene rings is 2. The Labute approximate surface area is 190 Å². The molecule has 1 atom stereocenters. The van der Waals surface area contributed by atoms with Crippen molar-refractivity contribution >= 4 is 39.1 Å². The number of halogens is 1. The monoisotopic (exact) mass is 474 g/mol. The quantitative estimate of drug-likeness (QED) is 0.727. The minimum atomic E-state index is -3.95. The van der Waals surface area contributed by atoms with Gasteiger partial charge in [-0.15, -0.1) is 0 Å². The lowest BCUT2D eigenvalue weighted by atomic mass is 10.1. The number of carbonyl (C=O) groups excluding carboxylic acids is 2. The minimum absolute atomic E-state index is 0.0294. The third-order valence-electron chi connectivity index (χ3n) is 5.37. The molecule has 2 aromatic rings. The predicted molar refractivity (Wildman–Crippen MR) is 116 cm³/mol. The van der Waals surface area contributed by atoms with Gasteiger partial charge in [0.1, 0.15) is 10.6 Å². The summed E-state index contributed by atoms with van der Waals surface area (Å²) in [7, 11) is -3.95. The van der Waals surface area contributed by atoms with Gasteiger partial charge in [0.15, 0.2) is 6.10 Å². The molecule has 0 aromatic heterocycles. The second-order valence-corrected chi connectivity index (χ2v) is 9.73. The Morgan fingerprint density at radius 1 is 1.19 bits per heavy atom. The molecule has 166 valence electrons. The van der Waals surface area contributed by atoms with E-state index in [-0.39, 0.29) is 53.7 Å². The lowest BCUT2D eigenvalue weighted by Gasteiger charge is -2.34. The summed E-state index contributed by atoms with van der Waals surface area (Å²) in [5, 5.41) is 11.5. The molecule has 0 radical (unpaired) electrons. The van der Waals surface area contributed by atoms with Crippen LogP contribution in [0.2, 0.25) is 5.02 Å². The summed E-state index contributed by atoms with van der Waals surface area (Å²) >= 11 is 6.23. The Hall–Kier alpha value is -3.13. The van der Waals surface area contributed by atoms with Gasteiger partial charge >= 0.3 is 0 Å². The number of nitrogens with one attached hydrogen (secondary N) is 1. The number of rotatable bonds is 3. The van der Waals surface area contributed by atoms with Gasteiger partial charge in [-0.3, -0.25) is 9.59 Å². The van der Waals surface area contributed by atoms with Crippen molar-refractivity contribution in [3.8, 4) is 11.8 Å². The van der Waals surface area contributed by atoms with E-state index in [1.807, 2.05) is 6.07 Å². The molecule has 32 heavy (non-hydrogen) atoms. The molecule has 2 heterocycles. The number of amides is 2. The maximum absolute atomic E-state index is 13.2. The van der Waals surface area contributed by atoms with E-state index in [1.165, 1.54) is 16.4 Å². The Bertz CT molecular complexity index is 1230. The number of fused-ring (bicyclic) bond motifs is 1. The third kappa shape index (κ3) is 4.02. The molecule has 2 amide bonds. The Balaban J connectivity index is 1.49. The van der Waals surface area contributed by atoms with Crippen molar-refractivity contribution in [3.63, 3.8) is 0 Å². The molecule has 0 bridgehead atoms. The van der Waals surface area contributed by atoms with Crippen molar-refractivity contribution in [3.05, 3.63) is 52.5 Å². The van der Waals surface area contributed by atoms with Crippen LogP contribution in [0.5, 0.6) is 5.75 Å². The number of carbonyl (C=O) groups is 2. The highest BCUT2D eigenvalue weighted by atomic mass is 35.5. The average molecular weight is 475 g/mol. The molecular weight excluding hydrogens is 456 g/mol. The third-order valence-corrected chi connectivity index (χ3v) is 7.73. The zero-order chi connectivity index (χ0) is 23.0. The number of sulfonamides is 1. The fourth-order valence-electron chi connectivity index (χ4n) is 3.55. The second kappa shape index (κ2) is 8.43. The van der Waals surface area contributed by atoms with E-state index in [0.29, 0.717) is 16.8 Å². The molecule has 1 fully saturated rings. The van der Waals surface area contributed by atoms with Gasteiger partial charge in [0.25, 0.3) is 11.8 Å². The Kier molecular flexibility index (Phi) is 5.81. The van der Waals surface area contributed by atoms with Crippen LogP contribution in [-0.4, -0.2) is 61.7 Å². The Morgan fingerprint density at radius 3 is 2.47 bits per heavy atom. The number of nitrogens with zero attached hydrogens (tertiary/aromatic N) is 3. The van der Waals surface area contributed by atoms with Gasteiger partial charge in [-0.1, -0.05) is 11.6 Å². The van der Waals surface area contributed by atoms with E-state index in [2.05, 4.69) is 5.32 Å². The number of piperazine rings is 1. The molecule has 2 aromatic carbocycles.